The molecule has 1 aromatic rings. The number of carbonyl (C=O) groups excluding carboxylic acids is 1. The van der Waals surface area contributed by atoms with E-state index in [1.807, 2.05) is 26.2 Å². The number of carbonyl (C=O) groups is 1. The molecule has 7 heteroatoms. The van der Waals surface area contributed by atoms with Gasteiger partial charge in [-0.25, -0.2) is 4.98 Å². The Labute approximate surface area is 137 Å². The maximum atomic E-state index is 12.0. The number of hydrogen-bond donors (Lipinski definition) is 2. The maximum absolute atomic E-state index is 12.0. The minimum atomic E-state index is -0.380. The fourth-order valence-electron chi connectivity index (χ4n) is 2.25. The summed E-state index contributed by atoms with van der Waals surface area (Å²) in [5, 5.41) is 9.41. The Morgan fingerprint density at radius 3 is 2.75 bits per heavy atom. The second-order valence-corrected chi connectivity index (χ2v) is 6.32. The average molecular weight is 340 g/mol. The molecule has 116 valence electrons. The van der Waals surface area contributed by atoms with E-state index < -0.39 is 0 Å². The van der Waals surface area contributed by atoms with Crippen LogP contribution in [0, 0.1) is 6.92 Å². The zero-order valence-electron chi connectivity index (χ0n) is 12.1. The van der Waals surface area contributed by atoms with Crippen molar-refractivity contribution in [2.45, 2.75) is 51.6 Å². The van der Waals surface area contributed by atoms with Crippen molar-refractivity contribution in [2.75, 3.05) is 6.54 Å². The van der Waals surface area contributed by atoms with E-state index >= 15 is 0 Å². The minimum Gasteiger partial charge on any atom is -0.345 e. The zero-order valence-corrected chi connectivity index (χ0v) is 14.5. The van der Waals surface area contributed by atoms with E-state index in [0.717, 1.165) is 23.7 Å². The Morgan fingerprint density at radius 1 is 1.55 bits per heavy atom. The highest BCUT2D eigenvalue weighted by Gasteiger charge is 2.27. The minimum absolute atomic E-state index is 0. The third kappa shape index (κ3) is 5.20. The van der Waals surface area contributed by atoms with Crippen LogP contribution >= 0.6 is 36.2 Å². The third-order valence-corrected chi connectivity index (χ3v) is 4.48. The standard InChI is InChI=1S/C13H21N3OS.2ClH/c1-9-8-18-12(15-9)13(2,3)16-11(17)7-10-5-4-6-14-10;;/h8,10,14H,4-7H2,1-3H3,(H,16,17);2*1H. The number of thiazole rings is 1. The summed E-state index contributed by atoms with van der Waals surface area (Å²) in [6, 6.07) is 0.346. The Bertz CT molecular complexity index is 431. The molecule has 1 aromatic heterocycles. The second kappa shape index (κ2) is 8.17. The molecule has 1 atom stereocenters. The topological polar surface area (TPSA) is 54.0 Å². The van der Waals surface area contributed by atoms with Crippen LogP contribution in [0.2, 0.25) is 0 Å². The van der Waals surface area contributed by atoms with Gasteiger partial charge in [-0.3, -0.25) is 4.79 Å². The van der Waals surface area contributed by atoms with Gasteiger partial charge in [-0.2, -0.15) is 0 Å². The number of amides is 1. The first-order valence-corrected chi connectivity index (χ1v) is 7.32. The number of rotatable bonds is 4. The van der Waals surface area contributed by atoms with Gasteiger partial charge in [0.1, 0.15) is 5.01 Å². The van der Waals surface area contributed by atoms with E-state index in [1.165, 1.54) is 6.42 Å². The summed E-state index contributed by atoms with van der Waals surface area (Å²) in [6.07, 6.45) is 2.84. The molecule has 0 aliphatic carbocycles. The van der Waals surface area contributed by atoms with Crippen molar-refractivity contribution < 1.29 is 4.79 Å². The number of nitrogens with one attached hydrogen (secondary N) is 2. The molecule has 1 aliphatic rings. The lowest BCUT2D eigenvalue weighted by Gasteiger charge is -2.24. The molecule has 2 heterocycles. The van der Waals surface area contributed by atoms with Crippen molar-refractivity contribution in [3.8, 4) is 0 Å². The Hall–Kier alpha value is -0.360. The Balaban J connectivity index is 0.00000180. The first-order chi connectivity index (χ1) is 8.47. The van der Waals surface area contributed by atoms with Gasteiger partial charge < -0.3 is 10.6 Å². The van der Waals surface area contributed by atoms with Gasteiger partial charge in [0.2, 0.25) is 5.91 Å². The molecular weight excluding hydrogens is 317 g/mol. The average Bonchev–Trinajstić information content (AvgIpc) is 2.88. The molecule has 0 aromatic carbocycles. The lowest BCUT2D eigenvalue weighted by Crippen LogP contribution is -2.43. The van der Waals surface area contributed by atoms with Gasteiger partial charge >= 0.3 is 0 Å². The monoisotopic (exact) mass is 339 g/mol. The predicted molar refractivity (Wildman–Crippen MR) is 88.2 cm³/mol. The highest BCUT2D eigenvalue weighted by Crippen LogP contribution is 2.24. The number of halogens is 2. The van der Waals surface area contributed by atoms with Crippen molar-refractivity contribution in [1.29, 1.82) is 0 Å². The zero-order chi connectivity index (χ0) is 13.2. The maximum Gasteiger partial charge on any atom is 0.222 e. The van der Waals surface area contributed by atoms with E-state index in [9.17, 15) is 4.79 Å². The summed E-state index contributed by atoms with van der Waals surface area (Å²) in [5.74, 6) is 0.104. The number of nitrogens with zero attached hydrogens (tertiary/aromatic N) is 1. The molecule has 20 heavy (non-hydrogen) atoms. The number of hydrogen-bond acceptors (Lipinski definition) is 4. The molecule has 0 spiro atoms. The van der Waals surface area contributed by atoms with Crippen LogP contribution in [0.4, 0.5) is 0 Å². The van der Waals surface area contributed by atoms with Gasteiger partial charge in [0.15, 0.2) is 0 Å². The van der Waals surface area contributed by atoms with Gasteiger partial charge in [-0.05, 0) is 40.2 Å². The number of aromatic nitrogens is 1. The second-order valence-electron chi connectivity index (χ2n) is 5.46. The SMILES string of the molecule is Cc1csc(C(C)(C)NC(=O)CC2CCCN2)n1.Cl.Cl. The molecule has 1 amide bonds. The molecule has 4 nitrogen and oxygen atoms in total. The Kier molecular flexibility index (Phi) is 8.03. The van der Waals surface area contributed by atoms with Crippen LogP contribution in [-0.2, 0) is 10.3 Å². The summed E-state index contributed by atoms with van der Waals surface area (Å²) in [4.78, 5) is 16.5. The van der Waals surface area contributed by atoms with Crippen LogP contribution in [0.1, 0.15) is 43.8 Å². The third-order valence-electron chi connectivity index (χ3n) is 3.20. The lowest BCUT2D eigenvalue weighted by atomic mass is 10.1. The molecule has 2 rings (SSSR count). The molecule has 0 bridgehead atoms. The predicted octanol–water partition coefficient (Wildman–Crippen LogP) is 2.79. The summed E-state index contributed by atoms with van der Waals surface area (Å²) < 4.78 is 0. The lowest BCUT2D eigenvalue weighted by molar-refractivity contribution is -0.123. The van der Waals surface area contributed by atoms with Crippen LogP contribution in [0.3, 0.4) is 0 Å². The molecule has 2 N–H and O–H groups in total. The van der Waals surface area contributed by atoms with Crippen LogP contribution in [0.5, 0.6) is 0 Å². The van der Waals surface area contributed by atoms with E-state index in [-0.39, 0.29) is 36.3 Å². The van der Waals surface area contributed by atoms with Crippen LogP contribution < -0.4 is 10.6 Å². The van der Waals surface area contributed by atoms with Gasteiger partial charge in [0, 0.05) is 23.5 Å². The highest BCUT2D eigenvalue weighted by atomic mass is 35.5. The molecule has 1 fully saturated rings. The van der Waals surface area contributed by atoms with Crippen molar-refractivity contribution in [2.24, 2.45) is 0 Å². The fourth-order valence-corrected chi connectivity index (χ4v) is 3.13. The van der Waals surface area contributed by atoms with Gasteiger partial charge in [0.05, 0.1) is 5.54 Å². The van der Waals surface area contributed by atoms with Gasteiger partial charge in [0.25, 0.3) is 0 Å². The quantitative estimate of drug-likeness (QED) is 0.886. The summed E-state index contributed by atoms with van der Waals surface area (Å²) in [7, 11) is 0. The van der Waals surface area contributed by atoms with E-state index in [2.05, 4.69) is 15.6 Å². The first-order valence-electron chi connectivity index (χ1n) is 6.44. The van der Waals surface area contributed by atoms with Crippen molar-refractivity contribution in [3.63, 3.8) is 0 Å². The summed E-state index contributed by atoms with van der Waals surface area (Å²) >= 11 is 1.60. The molecule has 1 saturated heterocycles. The van der Waals surface area contributed by atoms with E-state index in [0.29, 0.717) is 12.5 Å². The van der Waals surface area contributed by atoms with Gasteiger partial charge in [-0.15, -0.1) is 36.2 Å². The Morgan fingerprint density at radius 2 is 2.25 bits per heavy atom. The summed E-state index contributed by atoms with van der Waals surface area (Å²) in [5.41, 5.74) is 0.629. The van der Waals surface area contributed by atoms with Crippen LogP contribution in [0.25, 0.3) is 0 Å². The first kappa shape index (κ1) is 19.6. The summed E-state index contributed by atoms with van der Waals surface area (Å²) in [6.45, 7) is 7.02. The molecule has 0 saturated carbocycles. The smallest absolute Gasteiger partial charge is 0.222 e. The van der Waals surface area contributed by atoms with E-state index in [4.69, 9.17) is 0 Å². The molecule has 0 radical (unpaired) electrons. The van der Waals surface area contributed by atoms with Crippen molar-refractivity contribution >= 4 is 42.1 Å². The largest absolute Gasteiger partial charge is 0.345 e. The normalized spacial score (nSPS) is 18.1. The molecule has 1 unspecified atom stereocenters. The van der Waals surface area contributed by atoms with E-state index in [1.54, 1.807) is 11.3 Å². The van der Waals surface area contributed by atoms with Crippen molar-refractivity contribution in [1.82, 2.24) is 15.6 Å². The fraction of sp³-hybridized carbons (Fsp3) is 0.692. The van der Waals surface area contributed by atoms with Crippen LogP contribution in [0.15, 0.2) is 5.38 Å². The number of aryl methyl sites for hydroxylation is 1. The van der Waals surface area contributed by atoms with Gasteiger partial charge in [-0.1, -0.05) is 0 Å². The highest BCUT2D eigenvalue weighted by molar-refractivity contribution is 7.09. The van der Waals surface area contributed by atoms with Crippen molar-refractivity contribution in [3.05, 3.63) is 16.1 Å². The molecular formula is C13H23Cl2N3OS. The van der Waals surface area contributed by atoms with Crippen LogP contribution in [-0.4, -0.2) is 23.5 Å². The molecule has 1 aliphatic heterocycles.